The van der Waals surface area contributed by atoms with E-state index in [2.05, 4.69) is 0 Å². The van der Waals surface area contributed by atoms with Crippen molar-refractivity contribution in [1.82, 2.24) is 4.90 Å². The zero-order chi connectivity index (χ0) is 8.65. The molecule has 0 aliphatic carbocycles. The van der Waals surface area contributed by atoms with Gasteiger partial charge in [0.25, 0.3) is 0 Å². The molecule has 0 aromatic heterocycles. The molecule has 1 amide bonds. The van der Waals surface area contributed by atoms with E-state index in [1.165, 1.54) is 6.92 Å². The van der Waals surface area contributed by atoms with E-state index in [0.29, 0.717) is 0 Å². The van der Waals surface area contributed by atoms with Gasteiger partial charge < -0.3 is 4.90 Å². The second-order valence-corrected chi connectivity index (χ2v) is 3.76. The molecule has 0 unspecified atom stereocenters. The average molecular weight is 159 g/mol. The minimum absolute atomic E-state index is 0.00824. The molecule has 0 bridgehead atoms. The Hall–Kier alpha value is -0.600. The summed E-state index contributed by atoms with van der Waals surface area (Å²) in [5.74, 6) is 0.0474. The first kappa shape index (κ1) is 8.50. The lowest BCUT2D eigenvalue weighted by atomic mass is 9.97. The molecular weight excluding hydrogens is 145 g/mol. The molecule has 0 aromatic carbocycles. The zero-order valence-corrected chi connectivity index (χ0v) is 7.22. The average Bonchev–Trinajstić information content (AvgIpc) is 1.80. The highest BCUT2D eigenvalue weighted by atomic mass is 19.1. The lowest BCUT2D eigenvalue weighted by Gasteiger charge is -2.42. The van der Waals surface area contributed by atoms with Gasteiger partial charge in [-0.05, 0) is 6.92 Å². The van der Waals surface area contributed by atoms with Gasteiger partial charge in [0.05, 0.1) is 13.1 Å². The lowest BCUT2D eigenvalue weighted by Crippen LogP contribution is -2.60. The van der Waals surface area contributed by atoms with Gasteiger partial charge in [-0.25, -0.2) is 4.39 Å². The highest BCUT2D eigenvalue weighted by Gasteiger charge is 2.41. The standard InChI is InChI=1S/C8H14FNO/c1-6(2)7(11)10-4-8(3,9)5-10/h6H,4-5H2,1-3H3. The van der Waals surface area contributed by atoms with Crippen LogP contribution in [0.5, 0.6) is 0 Å². The summed E-state index contributed by atoms with van der Waals surface area (Å²) >= 11 is 0. The number of amides is 1. The van der Waals surface area contributed by atoms with Crippen LogP contribution in [0.15, 0.2) is 0 Å². The third-order valence-electron chi connectivity index (χ3n) is 1.85. The predicted octanol–water partition coefficient (Wildman–Crippen LogP) is 1.21. The number of carbonyl (C=O) groups is 1. The molecule has 64 valence electrons. The quantitative estimate of drug-likeness (QED) is 0.563. The first-order valence-electron chi connectivity index (χ1n) is 3.90. The van der Waals surface area contributed by atoms with E-state index in [1.54, 1.807) is 4.90 Å². The highest BCUT2D eigenvalue weighted by molar-refractivity contribution is 5.79. The monoisotopic (exact) mass is 159 g/mol. The van der Waals surface area contributed by atoms with E-state index in [4.69, 9.17) is 0 Å². The number of alkyl halides is 1. The molecule has 3 heteroatoms. The Morgan fingerprint density at radius 3 is 2.27 bits per heavy atom. The Labute approximate surface area is 66.4 Å². The summed E-state index contributed by atoms with van der Waals surface area (Å²) in [6, 6.07) is 0. The van der Waals surface area contributed by atoms with Crippen LogP contribution in [0.25, 0.3) is 0 Å². The van der Waals surface area contributed by atoms with Crippen LogP contribution in [0.4, 0.5) is 4.39 Å². The van der Waals surface area contributed by atoms with Gasteiger partial charge >= 0.3 is 0 Å². The van der Waals surface area contributed by atoms with Gasteiger partial charge in [-0.3, -0.25) is 4.79 Å². The van der Waals surface area contributed by atoms with Crippen LogP contribution in [0.1, 0.15) is 20.8 Å². The van der Waals surface area contributed by atoms with Gasteiger partial charge in [-0.2, -0.15) is 0 Å². The van der Waals surface area contributed by atoms with E-state index < -0.39 is 5.67 Å². The van der Waals surface area contributed by atoms with Crippen molar-refractivity contribution in [3.63, 3.8) is 0 Å². The molecule has 11 heavy (non-hydrogen) atoms. The first-order valence-corrected chi connectivity index (χ1v) is 3.90. The van der Waals surface area contributed by atoms with Crippen molar-refractivity contribution in [2.75, 3.05) is 13.1 Å². The Balaban J connectivity index is 2.38. The maximum atomic E-state index is 12.9. The van der Waals surface area contributed by atoms with Crippen molar-refractivity contribution < 1.29 is 9.18 Å². The summed E-state index contributed by atoms with van der Waals surface area (Å²) in [6.07, 6.45) is 0. The van der Waals surface area contributed by atoms with Crippen LogP contribution in [-0.2, 0) is 4.79 Å². The second-order valence-electron chi connectivity index (χ2n) is 3.76. The lowest BCUT2D eigenvalue weighted by molar-refractivity contribution is -0.147. The van der Waals surface area contributed by atoms with Crippen LogP contribution in [-0.4, -0.2) is 29.6 Å². The Bertz CT molecular complexity index is 169. The topological polar surface area (TPSA) is 20.3 Å². The molecule has 0 aromatic rings. The minimum Gasteiger partial charge on any atom is -0.336 e. The van der Waals surface area contributed by atoms with E-state index in [9.17, 15) is 9.18 Å². The molecule has 1 aliphatic heterocycles. The van der Waals surface area contributed by atoms with Crippen LogP contribution in [0.3, 0.4) is 0 Å². The fraction of sp³-hybridized carbons (Fsp3) is 0.875. The normalized spacial score (nSPS) is 21.7. The first-order chi connectivity index (χ1) is 4.92. The smallest absolute Gasteiger partial charge is 0.225 e. The fourth-order valence-electron chi connectivity index (χ4n) is 1.27. The van der Waals surface area contributed by atoms with Crippen molar-refractivity contribution in [3.05, 3.63) is 0 Å². The molecule has 0 saturated carbocycles. The Morgan fingerprint density at radius 2 is 2.00 bits per heavy atom. The Kier molecular flexibility index (Phi) is 1.90. The van der Waals surface area contributed by atoms with Gasteiger partial charge in [0.15, 0.2) is 0 Å². The van der Waals surface area contributed by atoms with Crippen LogP contribution in [0, 0.1) is 5.92 Å². The molecule has 1 saturated heterocycles. The van der Waals surface area contributed by atoms with Crippen molar-refractivity contribution >= 4 is 5.91 Å². The number of likely N-dealkylation sites (tertiary alicyclic amines) is 1. The SMILES string of the molecule is CC(C)C(=O)N1CC(C)(F)C1. The maximum Gasteiger partial charge on any atom is 0.225 e. The van der Waals surface area contributed by atoms with Crippen molar-refractivity contribution in [3.8, 4) is 0 Å². The van der Waals surface area contributed by atoms with E-state index >= 15 is 0 Å². The number of hydrogen-bond donors (Lipinski definition) is 0. The number of rotatable bonds is 1. The third kappa shape index (κ3) is 1.70. The van der Waals surface area contributed by atoms with E-state index in [1.807, 2.05) is 13.8 Å². The summed E-state index contributed by atoms with van der Waals surface area (Å²) in [4.78, 5) is 12.7. The van der Waals surface area contributed by atoms with Gasteiger partial charge in [-0.15, -0.1) is 0 Å². The summed E-state index contributed by atoms with van der Waals surface area (Å²) in [7, 11) is 0. The molecule has 0 radical (unpaired) electrons. The Morgan fingerprint density at radius 1 is 1.55 bits per heavy atom. The molecular formula is C8H14FNO. The molecule has 2 nitrogen and oxygen atoms in total. The molecule has 0 spiro atoms. The summed E-state index contributed by atoms with van der Waals surface area (Å²) < 4.78 is 12.9. The number of halogens is 1. The molecule has 1 rings (SSSR count). The van der Waals surface area contributed by atoms with Gasteiger partial charge in [0, 0.05) is 5.92 Å². The van der Waals surface area contributed by atoms with Gasteiger partial charge in [-0.1, -0.05) is 13.8 Å². The van der Waals surface area contributed by atoms with Crippen molar-refractivity contribution in [2.24, 2.45) is 5.92 Å². The van der Waals surface area contributed by atoms with E-state index in [-0.39, 0.29) is 24.9 Å². The van der Waals surface area contributed by atoms with Crippen LogP contribution in [0.2, 0.25) is 0 Å². The summed E-state index contributed by atoms with van der Waals surface area (Å²) in [5, 5.41) is 0. The number of nitrogens with zero attached hydrogens (tertiary/aromatic N) is 1. The molecule has 1 aliphatic rings. The third-order valence-corrected chi connectivity index (χ3v) is 1.85. The second kappa shape index (κ2) is 2.47. The maximum absolute atomic E-state index is 12.9. The zero-order valence-electron chi connectivity index (χ0n) is 7.22. The van der Waals surface area contributed by atoms with E-state index in [0.717, 1.165) is 0 Å². The molecule has 0 N–H and O–H groups in total. The van der Waals surface area contributed by atoms with Crippen LogP contribution >= 0.6 is 0 Å². The minimum atomic E-state index is -1.13. The van der Waals surface area contributed by atoms with Gasteiger partial charge in [0.1, 0.15) is 5.67 Å². The van der Waals surface area contributed by atoms with Crippen molar-refractivity contribution in [1.29, 1.82) is 0 Å². The highest BCUT2D eigenvalue weighted by Crippen LogP contribution is 2.25. The fourth-order valence-corrected chi connectivity index (χ4v) is 1.27. The predicted molar refractivity (Wildman–Crippen MR) is 40.9 cm³/mol. The number of carbonyl (C=O) groups excluding carboxylic acids is 1. The van der Waals surface area contributed by atoms with Gasteiger partial charge in [0.2, 0.25) is 5.91 Å². The van der Waals surface area contributed by atoms with Crippen LogP contribution < -0.4 is 0 Å². The molecule has 1 fully saturated rings. The summed E-state index contributed by atoms with van der Waals surface area (Å²) in [5.41, 5.74) is -1.13. The molecule has 1 heterocycles. The molecule has 0 atom stereocenters. The largest absolute Gasteiger partial charge is 0.336 e. The summed E-state index contributed by atoms with van der Waals surface area (Å²) in [6.45, 7) is 5.72. The van der Waals surface area contributed by atoms with Crippen molar-refractivity contribution in [2.45, 2.75) is 26.4 Å². The number of hydrogen-bond acceptors (Lipinski definition) is 1.